The van der Waals surface area contributed by atoms with Gasteiger partial charge in [-0.3, -0.25) is 4.79 Å². The molecule has 1 aliphatic rings. The summed E-state index contributed by atoms with van der Waals surface area (Å²) in [6.07, 6.45) is 0.405. The van der Waals surface area contributed by atoms with Crippen molar-refractivity contribution >= 4 is 23.2 Å². The van der Waals surface area contributed by atoms with Crippen molar-refractivity contribution in [2.75, 3.05) is 18.0 Å². The molecule has 1 aromatic rings. The van der Waals surface area contributed by atoms with Gasteiger partial charge in [0.2, 0.25) is 5.91 Å². The van der Waals surface area contributed by atoms with Crippen molar-refractivity contribution < 1.29 is 4.79 Å². The molecule has 0 N–H and O–H groups in total. The smallest absolute Gasteiger partial charge is 0.227 e. The second-order valence-electron chi connectivity index (χ2n) is 4.88. The molecule has 100 valence electrons. The first-order valence-electron chi connectivity index (χ1n) is 6.11. The minimum absolute atomic E-state index is 0.0308. The Balaban J connectivity index is 2.25. The highest BCUT2D eigenvalue weighted by Crippen LogP contribution is 2.33. The Bertz CT molecular complexity index is 566. The van der Waals surface area contributed by atoms with E-state index in [4.69, 9.17) is 17.1 Å². The lowest BCUT2D eigenvalue weighted by Gasteiger charge is -2.19. The molecule has 0 spiro atoms. The second kappa shape index (κ2) is 5.51. The Labute approximate surface area is 116 Å². The summed E-state index contributed by atoms with van der Waals surface area (Å²) >= 11 is 6.22. The maximum atomic E-state index is 12.0. The Morgan fingerprint density at radius 1 is 1.47 bits per heavy atom. The molecule has 19 heavy (non-hydrogen) atoms. The van der Waals surface area contributed by atoms with Gasteiger partial charge in [0.25, 0.3) is 0 Å². The predicted molar refractivity (Wildman–Crippen MR) is 75.4 cm³/mol. The number of benzene rings is 1. The van der Waals surface area contributed by atoms with Crippen LogP contribution in [0.5, 0.6) is 0 Å². The van der Waals surface area contributed by atoms with Crippen LogP contribution in [0.25, 0.3) is 10.4 Å². The van der Waals surface area contributed by atoms with E-state index in [1.165, 1.54) is 0 Å². The number of hydrogen-bond donors (Lipinski definition) is 0. The van der Waals surface area contributed by atoms with E-state index in [1.54, 1.807) is 4.90 Å². The molecule has 1 saturated heterocycles. The first-order chi connectivity index (χ1) is 9.02. The van der Waals surface area contributed by atoms with E-state index in [0.717, 1.165) is 16.8 Å². The highest BCUT2D eigenvalue weighted by Gasteiger charge is 2.31. The Kier molecular flexibility index (Phi) is 3.98. The highest BCUT2D eigenvalue weighted by atomic mass is 35.5. The number of anilines is 1. The van der Waals surface area contributed by atoms with Crippen LogP contribution in [0.15, 0.2) is 17.2 Å². The van der Waals surface area contributed by atoms with Crippen LogP contribution < -0.4 is 4.90 Å². The lowest BCUT2D eigenvalue weighted by atomic mass is 10.1. The lowest BCUT2D eigenvalue weighted by molar-refractivity contribution is -0.117. The summed E-state index contributed by atoms with van der Waals surface area (Å²) in [4.78, 5) is 16.5. The third-order valence-electron chi connectivity index (χ3n) is 3.46. The molecule has 0 aliphatic carbocycles. The molecule has 1 aliphatic heterocycles. The van der Waals surface area contributed by atoms with Gasteiger partial charge in [0, 0.05) is 24.4 Å². The number of carbonyl (C=O) groups excluding carboxylic acids is 1. The number of halogens is 1. The fraction of sp³-hybridized carbons (Fsp3) is 0.462. The summed E-state index contributed by atoms with van der Waals surface area (Å²) in [5, 5.41) is 4.12. The molecule has 5 nitrogen and oxygen atoms in total. The normalized spacial score (nSPS) is 18.6. The zero-order valence-electron chi connectivity index (χ0n) is 10.9. The lowest BCUT2D eigenvalue weighted by Crippen LogP contribution is -2.25. The maximum absolute atomic E-state index is 12.0. The van der Waals surface area contributed by atoms with E-state index >= 15 is 0 Å². The van der Waals surface area contributed by atoms with E-state index in [2.05, 4.69) is 10.0 Å². The van der Waals surface area contributed by atoms with Crippen molar-refractivity contribution in [2.45, 2.75) is 20.3 Å². The molecule has 2 rings (SSSR count). The largest absolute Gasteiger partial charge is 0.311 e. The van der Waals surface area contributed by atoms with Crippen molar-refractivity contribution in [3.8, 4) is 0 Å². The van der Waals surface area contributed by atoms with Gasteiger partial charge in [-0.1, -0.05) is 16.7 Å². The van der Waals surface area contributed by atoms with Crippen LogP contribution in [-0.2, 0) is 4.79 Å². The molecular formula is C13H15ClN4O. The third-order valence-corrected chi connectivity index (χ3v) is 3.76. The minimum atomic E-state index is 0.0308. The number of nitrogens with zero attached hydrogens (tertiary/aromatic N) is 4. The molecular weight excluding hydrogens is 264 g/mol. The Hall–Kier alpha value is -1.71. The number of carbonyl (C=O) groups is 1. The van der Waals surface area contributed by atoms with Gasteiger partial charge in [-0.05, 0) is 48.6 Å². The van der Waals surface area contributed by atoms with E-state index in [1.807, 2.05) is 26.0 Å². The standard InChI is InChI=1S/C13H15ClN4O/c1-8-3-11(14)12(4-9(8)2)18-7-10(5-13(18)19)6-16-17-15/h3-4,10H,5-7H2,1-2H3. The van der Waals surface area contributed by atoms with E-state index in [9.17, 15) is 4.79 Å². The van der Waals surface area contributed by atoms with Crippen LogP contribution in [0.3, 0.4) is 0 Å². The third kappa shape index (κ3) is 2.83. The quantitative estimate of drug-likeness (QED) is 0.473. The van der Waals surface area contributed by atoms with Gasteiger partial charge in [-0.15, -0.1) is 0 Å². The first-order valence-corrected chi connectivity index (χ1v) is 6.48. The summed E-state index contributed by atoms with van der Waals surface area (Å²) in [6, 6.07) is 3.81. The minimum Gasteiger partial charge on any atom is -0.311 e. The molecule has 1 aromatic carbocycles. The van der Waals surface area contributed by atoms with Gasteiger partial charge < -0.3 is 4.90 Å². The summed E-state index contributed by atoms with van der Waals surface area (Å²) in [5.41, 5.74) is 11.3. The predicted octanol–water partition coefficient (Wildman–Crippen LogP) is 3.62. The van der Waals surface area contributed by atoms with E-state index in [0.29, 0.717) is 24.5 Å². The van der Waals surface area contributed by atoms with E-state index < -0.39 is 0 Å². The van der Waals surface area contributed by atoms with Crippen LogP contribution in [0, 0.1) is 19.8 Å². The summed E-state index contributed by atoms with van der Waals surface area (Å²) in [7, 11) is 0. The molecule has 0 bridgehead atoms. The Morgan fingerprint density at radius 2 is 2.16 bits per heavy atom. The molecule has 1 unspecified atom stereocenters. The van der Waals surface area contributed by atoms with Crippen molar-refractivity contribution in [1.29, 1.82) is 0 Å². The summed E-state index contributed by atoms with van der Waals surface area (Å²) in [5.74, 6) is 0.101. The zero-order valence-corrected chi connectivity index (χ0v) is 11.7. The molecule has 0 saturated carbocycles. The van der Waals surface area contributed by atoms with Crippen LogP contribution in [0.2, 0.25) is 5.02 Å². The van der Waals surface area contributed by atoms with Crippen LogP contribution >= 0.6 is 11.6 Å². The zero-order chi connectivity index (χ0) is 14.0. The van der Waals surface area contributed by atoms with Crippen LogP contribution in [-0.4, -0.2) is 19.0 Å². The summed E-state index contributed by atoms with van der Waals surface area (Å²) in [6.45, 7) is 4.88. The van der Waals surface area contributed by atoms with Crippen molar-refractivity contribution in [2.24, 2.45) is 11.0 Å². The average molecular weight is 279 g/mol. The fourth-order valence-corrected chi connectivity index (χ4v) is 2.58. The monoisotopic (exact) mass is 278 g/mol. The summed E-state index contributed by atoms with van der Waals surface area (Å²) < 4.78 is 0. The van der Waals surface area contributed by atoms with Gasteiger partial charge >= 0.3 is 0 Å². The SMILES string of the molecule is Cc1cc(Cl)c(N2CC(CN=[N+]=[N-])CC2=O)cc1C. The van der Waals surface area contributed by atoms with Gasteiger partial charge in [-0.25, -0.2) is 0 Å². The fourth-order valence-electron chi connectivity index (χ4n) is 2.26. The molecule has 1 amide bonds. The second-order valence-corrected chi connectivity index (χ2v) is 5.28. The molecule has 0 radical (unpaired) electrons. The average Bonchev–Trinajstić information content (AvgIpc) is 2.72. The van der Waals surface area contributed by atoms with Gasteiger partial charge in [-0.2, -0.15) is 0 Å². The number of aryl methyl sites for hydroxylation is 2. The van der Waals surface area contributed by atoms with Crippen LogP contribution in [0.4, 0.5) is 5.69 Å². The van der Waals surface area contributed by atoms with E-state index in [-0.39, 0.29) is 11.8 Å². The van der Waals surface area contributed by atoms with Crippen LogP contribution in [0.1, 0.15) is 17.5 Å². The number of azide groups is 1. The number of hydrogen-bond acceptors (Lipinski definition) is 2. The van der Waals surface area contributed by atoms with Gasteiger partial charge in [0.1, 0.15) is 0 Å². The van der Waals surface area contributed by atoms with Crippen molar-refractivity contribution in [1.82, 2.24) is 0 Å². The Morgan fingerprint density at radius 3 is 2.84 bits per heavy atom. The molecule has 6 heteroatoms. The first kappa shape index (κ1) is 13.7. The van der Waals surface area contributed by atoms with Gasteiger partial charge in [0.15, 0.2) is 0 Å². The maximum Gasteiger partial charge on any atom is 0.227 e. The van der Waals surface area contributed by atoms with Crippen molar-refractivity contribution in [3.05, 3.63) is 38.7 Å². The molecule has 1 atom stereocenters. The van der Waals surface area contributed by atoms with Gasteiger partial charge in [0.05, 0.1) is 10.7 Å². The molecule has 1 fully saturated rings. The van der Waals surface area contributed by atoms with Crippen molar-refractivity contribution in [3.63, 3.8) is 0 Å². The topological polar surface area (TPSA) is 69.1 Å². The number of amides is 1. The molecule has 0 aromatic heterocycles. The highest BCUT2D eigenvalue weighted by molar-refractivity contribution is 6.34. The number of rotatable bonds is 3. The molecule has 1 heterocycles.